The fourth-order valence-corrected chi connectivity index (χ4v) is 2.74. The summed E-state index contributed by atoms with van der Waals surface area (Å²) in [6, 6.07) is 15.7. The molecular weight excluding hydrogens is 302 g/mol. The van der Waals surface area contributed by atoms with Crippen molar-refractivity contribution >= 4 is 11.8 Å². The number of nitrogens with one attached hydrogen (secondary N) is 2. The van der Waals surface area contributed by atoms with Gasteiger partial charge in [0.25, 0.3) is 0 Å². The molecule has 1 aliphatic rings. The zero-order valence-electron chi connectivity index (χ0n) is 13.3. The molecular formula is C18H19N5O. The van der Waals surface area contributed by atoms with E-state index in [1.165, 1.54) is 5.56 Å². The molecule has 0 saturated carbocycles. The van der Waals surface area contributed by atoms with Gasteiger partial charge in [-0.25, -0.2) is 9.78 Å². The van der Waals surface area contributed by atoms with Crippen LogP contribution in [0.3, 0.4) is 0 Å². The molecule has 1 saturated heterocycles. The van der Waals surface area contributed by atoms with Gasteiger partial charge >= 0.3 is 6.03 Å². The zero-order valence-corrected chi connectivity index (χ0v) is 13.3. The maximum Gasteiger partial charge on any atom is 0.317 e. The summed E-state index contributed by atoms with van der Waals surface area (Å²) in [4.78, 5) is 18.2. The highest BCUT2D eigenvalue weighted by Gasteiger charge is 2.32. The van der Waals surface area contributed by atoms with Crippen LogP contribution >= 0.6 is 0 Å². The summed E-state index contributed by atoms with van der Waals surface area (Å²) in [6.45, 7) is 1.76. The van der Waals surface area contributed by atoms with Gasteiger partial charge < -0.3 is 15.5 Å². The third-order valence-electron chi connectivity index (χ3n) is 4.09. The van der Waals surface area contributed by atoms with Crippen molar-refractivity contribution < 1.29 is 4.79 Å². The number of benzene rings is 1. The number of pyridine rings is 1. The first-order valence-corrected chi connectivity index (χ1v) is 7.98. The molecule has 24 heavy (non-hydrogen) atoms. The highest BCUT2D eigenvalue weighted by molar-refractivity contribution is 5.75. The SMILES string of the molecule is N#Cc1cccnc1NCCNC(=O)N1CC[C@@H]1c1ccccc1. The van der Waals surface area contributed by atoms with E-state index in [1.807, 2.05) is 23.1 Å². The van der Waals surface area contributed by atoms with Crippen LogP contribution in [-0.4, -0.2) is 35.5 Å². The topological polar surface area (TPSA) is 81.0 Å². The molecule has 1 aromatic carbocycles. The number of urea groups is 1. The lowest BCUT2D eigenvalue weighted by atomic mass is 9.95. The molecule has 0 spiro atoms. The molecule has 1 aromatic heterocycles. The number of nitriles is 1. The highest BCUT2D eigenvalue weighted by atomic mass is 16.2. The van der Waals surface area contributed by atoms with Crippen molar-refractivity contribution in [2.24, 2.45) is 0 Å². The number of amides is 2. The quantitative estimate of drug-likeness (QED) is 0.829. The molecule has 0 bridgehead atoms. The summed E-state index contributed by atoms with van der Waals surface area (Å²) < 4.78 is 0. The van der Waals surface area contributed by atoms with Crippen LogP contribution < -0.4 is 10.6 Å². The van der Waals surface area contributed by atoms with Gasteiger partial charge in [-0.05, 0) is 24.1 Å². The third kappa shape index (κ3) is 3.46. The van der Waals surface area contributed by atoms with Crippen molar-refractivity contribution in [3.8, 4) is 6.07 Å². The second-order valence-electron chi connectivity index (χ2n) is 5.58. The molecule has 1 aliphatic heterocycles. The lowest BCUT2D eigenvalue weighted by molar-refractivity contribution is 0.115. The first-order chi connectivity index (χ1) is 11.8. The molecule has 0 unspecified atom stereocenters. The fraction of sp³-hybridized carbons (Fsp3) is 0.278. The van der Waals surface area contributed by atoms with Gasteiger partial charge in [-0.15, -0.1) is 0 Å². The van der Waals surface area contributed by atoms with Gasteiger partial charge in [-0.1, -0.05) is 30.3 Å². The van der Waals surface area contributed by atoms with Crippen LogP contribution in [0.15, 0.2) is 48.7 Å². The molecule has 2 aromatic rings. The standard InChI is InChI=1S/C18H19N5O/c19-13-15-7-4-9-20-17(15)21-10-11-22-18(24)23-12-8-16(23)14-5-2-1-3-6-14/h1-7,9,16H,8,10-12H2,(H,20,21)(H,22,24)/t16-/m1/s1. The molecule has 0 radical (unpaired) electrons. The minimum Gasteiger partial charge on any atom is -0.367 e. The number of hydrogen-bond donors (Lipinski definition) is 2. The van der Waals surface area contributed by atoms with Crippen molar-refractivity contribution in [2.45, 2.75) is 12.5 Å². The van der Waals surface area contributed by atoms with E-state index in [0.29, 0.717) is 24.5 Å². The Bertz CT molecular complexity index is 741. The monoisotopic (exact) mass is 321 g/mol. The van der Waals surface area contributed by atoms with Gasteiger partial charge in [0.2, 0.25) is 0 Å². The summed E-state index contributed by atoms with van der Waals surface area (Å²) in [5, 5.41) is 15.0. The number of carbonyl (C=O) groups excluding carboxylic acids is 1. The van der Waals surface area contributed by atoms with Crippen LogP contribution in [0.25, 0.3) is 0 Å². The number of aromatic nitrogens is 1. The van der Waals surface area contributed by atoms with E-state index < -0.39 is 0 Å². The van der Waals surface area contributed by atoms with Crippen LogP contribution in [0.2, 0.25) is 0 Å². The van der Waals surface area contributed by atoms with Crippen LogP contribution in [-0.2, 0) is 0 Å². The second kappa shape index (κ2) is 7.47. The summed E-state index contributed by atoms with van der Waals surface area (Å²) >= 11 is 0. The van der Waals surface area contributed by atoms with Crippen LogP contribution in [0.5, 0.6) is 0 Å². The summed E-state index contributed by atoms with van der Waals surface area (Å²) in [5.74, 6) is 0.542. The Hall–Kier alpha value is -3.07. The fourth-order valence-electron chi connectivity index (χ4n) is 2.74. The van der Waals surface area contributed by atoms with Crippen molar-refractivity contribution in [3.05, 3.63) is 59.8 Å². The highest BCUT2D eigenvalue weighted by Crippen LogP contribution is 2.32. The number of rotatable bonds is 5. The molecule has 2 amide bonds. The van der Waals surface area contributed by atoms with E-state index in [4.69, 9.17) is 5.26 Å². The predicted octanol–water partition coefficient (Wildman–Crippen LogP) is 2.52. The van der Waals surface area contributed by atoms with Crippen LogP contribution in [0.1, 0.15) is 23.6 Å². The number of hydrogen-bond acceptors (Lipinski definition) is 4. The second-order valence-corrected chi connectivity index (χ2v) is 5.58. The third-order valence-corrected chi connectivity index (χ3v) is 4.09. The summed E-state index contributed by atoms with van der Waals surface area (Å²) in [5.41, 5.74) is 1.67. The summed E-state index contributed by atoms with van der Waals surface area (Å²) in [6.07, 6.45) is 2.63. The molecule has 122 valence electrons. The minimum absolute atomic E-state index is 0.0570. The molecule has 1 atom stereocenters. The van der Waals surface area contributed by atoms with Gasteiger partial charge in [0.05, 0.1) is 11.6 Å². The number of carbonyl (C=O) groups is 1. The van der Waals surface area contributed by atoms with Crippen LogP contribution in [0.4, 0.5) is 10.6 Å². The molecule has 6 heteroatoms. The maximum atomic E-state index is 12.3. The van der Waals surface area contributed by atoms with Gasteiger partial charge in [0.15, 0.2) is 0 Å². The average molecular weight is 321 g/mol. The normalized spacial score (nSPS) is 16.0. The van der Waals surface area contributed by atoms with Gasteiger partial charge in [0.1, 0.15) is 11.9 Å². The molecule has 1 fully saturated rings. The van der Waals surface area contributed by atoms with Gasteiger partial charge in [-0.3, -0.25) is 0 Å². The van der Waals surface area contributed by atoms with Crippen molar-refractivity contribution in [2.75, 3.05) is 25.0 Å². The van der Waals surface area contributed by atoms with Crippen molar-refractivity contribution in [1.29, 1.82) is 5.26 Å². The van der Waals surface area contributed by atoms with Gasteiger partial charge in [-0.2, -0.15) is 5.26 Å². The Kier molecular flexibility index (Phi) is 4.92. The van der Waals surface area contributed by atoms with Crippen molar-refractivity contribution in [3.63, 3.8) is 0 Å². The Balaban J connectivity index is 1.46. The molecule has 0 aliphatic carbocycles. The Morgan fingerprint density at radius 3 is 2.79 bits per heavy atom. The largest absolute Gasteiger partial charge is 0.367 e. The van der Waals surface area contributed by atoms with E-state index in [9.17, 15) is 4.79 Å². The van der Waals surface area contributed by atoms with E-state index in [-0.39, 0.29) is 12.1 Å². The Labute approximate surface area is 141 Å². The zero-order chi connectivity index (χ0) is 16.8. The van der Waals surface area contributed by atoms with Gasteiger partial charge in [0, 0.05) is 25.8 Å². The Morgan fingerprint density at radius 2 is 2.08 bits per heavy atom. The van der Waals surface area contributed by atoms with E-state index >= 15 is 0 Å². The predicted molar refractivity (Wildman–Crippen MR) is 91.3 cm³/mol. The minimum atomic E-state index is -0.0570. The average Bonchev–Trinajstić information content (AvgIpc) is 2.59. The van der Waals surface area contributed by atoms with E-state index in [2.05, 4.69) is 33.8 Å². The molecule has 2 heterocycles. The number of likely N-dealkylation sites (tertiary alicyclic amines) is 1. The lowest BCUT2D eigenvalue weighted by Crippen LogP contribution is -2.50. The molecule has 2 N–H and O–H groups in total. The van der Waals surface area contributed by atoms with Crippen molar-refractivity contribution in [1.82, 2.24) is 15.2 Å². The first kappa shape index (κ1) is 15.8. The van der Waals surface area contributed by atoms with E-state index in [0.717, 1.165) is 13.0 Å². The lowest BCUT2D eigenvalue weighted by Gasteiger charge is -2.41. The first-order valence-electron chi connectivity index (χ1n) is 7.98. The van der Waals surface area contributed by atoms with Crippen LogP contribution in [0, 0.1) is 11.3 Å². The number of anilines is 1. The molecule has 3 rings (SSSR count). The summed E-state index contributed by atoms with van der Waals surface area (Å²) in [7, 11) is 0. The number of nitrogens with zero attached hydrogens (tertiary/aromatic N) is 3. The Morgan fingerprint density at radius 1 is 1.25 bits per heavy atom. The van der Waals surface area contributed by atoms with E-state index in [1.54, 1.807) is 18.3 Å². The molecule has 6 nitrogen and oxygen atoms in total. The maximum absolute atomic E-state index is 12.3. The smallest absolute Gasteiger partial charge is 0.317 e.